The number of ether oxygens (including phenoxy) is 1. The average molecular weight is 489 g/mol. The maximum absolute atomic E-state index is 12.6. The van der Waals surface area contributed by atoms with E-state index in [2.05, 4.69) is 4.98 Å². The molecule has 4 aromatic rings. The number of aromatic nitrogens is 1. The second kappa shape index (κ2) is 8.77. The molecule has 9 heteroatoms. The number of benzene rings is 3. The number of carbonyl (C=O) groups is 2. The van der Waals surface area contributed by atoms with Gasteiger partial charge in [-0.05, 0) is 55.7 Å². The van der Waals surface area contributed by atoms with Crippen molar-refractivity contribution < 1.29 is 34.8 Å². The Labute approximate surface area is 204 Å². The molecule has 0 radical (unpaired) electrons. The maximum Gasteiger partial charge on any atom is 0.248 e. The molecule has 184 valence electrons. The number of phenols is 4. The zero-order valence-electron chi connectivity index (χ0n) is 19.9. The molecule has 0 aliphatic heterocycles. The number of rotatable bonds is 1. The van der Waals surface area contributed by atoms with Gasteiger partial charge in [-0.2, -0.15) is 0 Å². The van der Waals surface area contributed by atoms with Gasteiger partial charge in [0.2, 0.25) is 17.1 Å². The lowest BCUT2D eigenvalue weighted by atomic mass is 9.80. The Kier molecular flexibility index (Phi) is 5.93. The van der Waals surface area contributed by atoms with Gasteiger partial charge in [0.25, 0.3) is 0 Å². The van der Waals surface area contributed by atoms with Crippen LogP contribution >= 0.6 is 0 Å². The van der Waals surface area contributed by atoms with Crippen molar-refractivity contribution in [2.45, 2.75) is 20.8 Å². The van der Waals surface area contributed by atoms with Crippen LogP contribution in [-0.4, -0.2) is 44.1 Å². The molecule has 1 heterocycles. The third-order valence-corrected chi connectivity index (χ3v) is 6.11. The molecule has 9 nitrogen and oxygen atoms in total. The van der Waals surface area contributed by atoms with E-state index in [0.717, 1.165) is 28.6 Å². The van der Waals surface area contributed by atoms with Crippen LogP contribution in [0.2, 0.25) is 0 Å². The van der Waals surface area contributed by atoms with Crippen LogP contribution in [0.1, 0.15) is 48.5 Å². The number of phenolic OH excluding ortho intramolecular Hbond substituents is 4. The molecule has 0 atom stereocenters. The van der Waals surface area contributed by atoms with Gasteiger partial charge < -0.3 is 30.1 Å². The number of methoxy groups -OCH3 is 1. The highest BCUT2D eigenvalue weighted by atomic mass is 16.5. The molecule has 36 heavy (non-hydrogen) atoms. The summed E-state index contributed by atoms with van der Waals surface area (Å²) in [7, 11) is 1.59. The molecular weight excluding hydrogens is 466 g/mol. The molecule has 3 aromatic carbocycles. The predicted octanol–water partition coefficient (Wildman–Crippen LogP) is 3.75. The number of aryl methyl sites for hydroxylation is 3. The van der Waals surface area contributed by atoms with Gasteiger partial charge in [-0.1, -0.05) is 12.1 Å². The Morgan fingerprint density at radius 3 is 1.67 bits per heavy atom. The number of nitrogens with one attached hydrogen (secondary N) is 1. The number of carbonyl (C=O) groups excluding carboxylic acids is 2. The van der Waals surface area contributed by atoms with E-state index in [4.69, 9.17) is 4.74 Å². The molecular formula is C27H23NO8. The van der Waals surface area contributed by atoms with Crippen LogP contribution in [0.15, 0.2) is 41.2 Å². The summed E-state index contributed by atoms with van der Waals surface area (Å²) >= 11 is 0. The van der Waals surface area contributed by atoms with E-state index in [1.54, 1.807) is 13.2 Å². The van der Waals surface area contributed by atoms with Gasteiger partial charge in [0.1, 0.15) is 28.7 Å². The fourth-order valence-corrected chi connectivity index (χ4v) is 4.32. The summed E-state index contributed by atoms with van der Waals surface area (Å²) in [5, 5.41) is 41.1. The van der Waals surface area contributed by atoms with Crippen molar-refractivity contribution in [1.82, 2.24) is 4.98 Å². The summed E-state index contributed by atoms with van der Waals surface area (Å²) in [5.41, 5.74) is 0.583. The quantitative estimate of drug-likeness (QED) is 0.223. The first-order chi connectivity index (χ1) is 17.0. The van der Waals surface area contributed by atoms with E-state index in [0.29, 0.717) is 5.75 Å². The Morgan fingerprint density at radius 1 is 0.694 bits per heavy atom. The summed E-state index contributed by atoms with van der Waals surface area (Å²) in [4.78, 5) is 39.2. The molecule has 5 rings (SSSR count). The van der Waals surface area contributed by atoms with Crippen LogP contribution in [0.25, 0.3) is 10.9 Å². The lowest BCUT2D eigenvalue weighted by Crippen LogP contribution is -2.22. The first kappa shape index (κ1) is 24.3. The van der Waals surface area contributed by atoms with E-state index >= 15 is 0 Å². The van der Waals surface area contributed by atoms with Crippen LogP contribution in [0, 0.1) is 20.8 Å². The van der Waals surface area contributed by atoms with Crippen LogP contribution in [0.3, 0.4) is 0 Å². The number of para-hydroxylation sites is 1. The van der Waals surface area contributed by atoms with Crippen molar-refractivity contribution >= 4 is 22.5 Å². The highest BCUT2D eigenvalue weighted by Gasteiger charge is 2.39. The number of fused-ring (bicyclic) bond motifs is 3. The summed E-state index contributed by atoms with van der Waals surface area (Å²) in [6.45, 7) is 4.85. The van der Waals surface area contributed by atoms with Crippen molar-refractivity contribution in [1.29, 1.82) is 0 Å². The van der Waals surface area contributed by atoms with Crippen LogP contribution < -0.4 is 10.3 Å². The average Bonchev–Trinajstić information content (AvgIpc) is 2.82. The van der Waals surface area contributed by atoms with Crippen molar-refractivity contribution in [2.75, 3.05) is 7.11 Å². The van der Waals surface area contributed by atoms with Crippen molar-refractivity contribution in [2.24, 2.45) is 0 Å². The standard InChI is InChI=1S/C16H12O6.C11H11NO2/c1-5-3-7(17)9-11(13(5)19)15(21)10-8(18)4-6(2)14(20)12(10)16(9)22;1-7-6-10(13)12-11-8(7)4-3-5-9(11)14-2/h3-4,17-20H,1-2H3;3-6H,1-2H3,(H,12,13). The smallest absolute Gasteiger partial charge is 0.248 e. The number of hydrogen-bond donors (Lipinski definition) is 5. The molecule has 0 fully saturated rings. The summed E-state index contributed by atoms with van der Waals surface area (Å²) in [6, 6.07) is 9.61. The second-order valence-corrected chi connectivity index (χ2v) is 8.48. The highest BCUT2D eigenvalue weighted by molar-refractivity contribution is 6.32. The number of aromatic amines is 1. The summed E-state index contributed by atoms with van der Waals surface area (Å²) in [5.74, 6) is -2.75. The van der Waals surface area contributed by atoms with Crippen molar-refractivity contribution in [3.05, 3.63) is 85.7 Å². The largest absolute Gasteiger partial charge is 0.507 e. The minimum absolute atomic E-state index is 0.0977. The Hall–Kier alpha value is -4.79. The van der Waals surface area contributed by atoms with Gasteiger partial charge >= 0.3 is 0 Å². The van der Waals surface area contributed by atoms with Gasteiger partial charge in [0.15, 0.2) is 0 Å². The van der Waals surface area contributed by atoms with Gasteiger partial charge in [-0.25, -0.2) is 0 Å². The van der Waals surface area contributed by atoms with Crippen LogP contribution in [-0.2, 0) is 0 Å². The number of pyridine rings is 1. The molecule has 1 aliphatic rings. The highest BCUT2D eigenvalue weighted by Crippen LogP contribution is 2.45. The summed E-state index contributed by atoms with van der Waals surface area (Å²) in [6.07, 6.45) is 0. The third-order valence-electron chi connectivity index (χ3n) is 6.11. The normalized spacial score (nSPS) is 12.0. The Balaban J connectivity index is 0.000000187. The van der Waals surface area contributed by atoms with E-state index in [1.807, 2.05) is 25.1 Å². The molecule has 5 N–H and O–H groups in total. The SMILES string of the molecule is COc1cccc2c(C)cc(=O)[nH]c12.Cc1cc(O)c2c(c1O)C(=O)c1c(O)cc(C)c(O)c1C2=O. The van der Waals surface area contributed by atoms with Gasteiger partial charge in [0.05, 0.1) is 34.9 Å². The maximum atomic E-state index is 12.6. The number of aromatic hydroxyl groups is 4. The van der Waals surface area contributed by atoms with Gasteiger partial charge in [-0.3, -0.25) is 14.4 Å². The van der Waals surface area contributed by atoms with E-state index < -0.39 is 34.6 Å². The second-order valence-electron chi connectivity index (χ2n) is 8.48. The number of ketones is 2. The lowest BCUT2D eigenvalue weighted by Gasteiger charge is -2.22. The fourth-order valence-electron chi connectivity index (χ4n) is 4.32. The van der Waals surface area contributed by atoms with Gasteiger partial charge in [0, 0.05) is 11.5 Å². The molecule has 0 spiro atoms. The van der Waals surface area contributed by atoms with Crippen LogP contribution in [0.5, 0.6) is 28.7 Å². The number of H-pyrrole nitrogens is 1. The zero-order chi connectivity index (χ0) is 26.5. The van der Waals surface area contributed by atoms with E-state index in [9.17, 15) is 34.8 Å². The molecule has 0 saturated carbocycles. The fraction of sp³-hybridized carbons (Fsp3) is 0.148. The van der Waals surface area contributed by atoms with Crippen LogP contribution in [0.4, 0.5) is 0 Å². The first-order valence-corrected chi connectivity index (χ1v) is 10.8. The molecule has 0 unspecified atom stereocenters. The minimum Gasteiger partial charge on any atom is -0.507 e. The first-order valence-electron chi connectivity index (χ1n) is 10.8. The molecule has 0 bridgehead atoms. The topological polar surface area (TPSA) is 157 Å². The van der Waals surface area contributed by atoms with Crippen molar-refractivity contribution in [3.63, 3.8) is 0 Å². The molecule has 1 aromatic heterocycles. The Morgan fingerprint density at radius 2 is 1.19 bits per heavy atom. The minimum atomic E-state index is -0.825. The molecule has 0 amide bonds. The molecule has 1 aliphatic carbocycles. The van der Waals surface area contributed by atoms with E-state index in [1.165, 1.54) is 13.8 Å². The third kappa shape index (κ3) is 3.70. The van der Waals surface area contributed by atoms with Crippen molar-refractivity contribution in [3.8, 4) is 28.7 Å². The zero-order valence-corrected chi connectivity index (χ0v) is 19.9. The molecule has 0 saturated heterocycles. The lowest BCUT2D eigenvalue weighted by molar-refractivity contribution is 0.0969. The van der Waals surface area contributed by atoms with Gasteiger partial charge in [-0.15, -0.1) is 0 Å². The predicted molar refractivity (Wildman–Crippen MR) is 132 cm³/mol. The summed E-state index contributed by atoms with van der Waals surface area (Å²) < 4.78 is 5.17. The van der Waals surface area contributed by atoms with E-state index in [-0.39, 0.29) is 38.9 Å². The monoisotopic (exact) mass is 489 g/mol. The Bertz CT molecular complexity index is 1580. The number of hydrogen-bond acceptors (Lipinski definition) is 8.